The van der Waals surface area contributed by atoms with Crippen molar-refractivity contribution in [2.45, 2.75) is 6.42 Å². The highest BCUT2D eigenvalue weighted by molar-refractivity contribution is 5.96. The number of aromatic nitrogens is 1. The standard InChI is InChI=1S/C15H16N2O3/c18-10-4-9-17-15(19)13-6-1-2-7-14(13)20-12-5-3-8-16-11-12/h1-3,5-8,11,18H,4,9-10H2,(H,17,19). The average Bonchev–Trinajstić information content (AvgIpc) is 2.49. The van der Waals surface area contributed by atoms with E-state index in [2.05, 4.69) is 10.3 Å². The summed E-state index contributed by atoms with van der Waals surface area (Å²) >= 11 is 0. The van der Waals surface area contributed by atoms with Gasteiger partial charge >= 0.3 is 0 Å². The van der Waals surface area contributed by atoms with Crippen LogP contribution < -0.4 is 10.1 Å². The van der Waals surface area contributed by atoms with E-state index in [1.165, 1.54) is 0 Å². The maximum Gasteiger partial charge on any atom is 0.255 e. The molecular formula is C15H16N2O3. The molecule has 2 rings (SSSR count). The normalized spacial score (nSPS) is 10.1. The number of nitrogens with one attached hydrogen (secondary N) is 1. The van der Waals surface area contributed by atoms with E-state index in [0.717, 1.165) is 0 Å². The number of hydrogen-bond donors (Lipinski definition) is 2. The summed E-state index contributed by atoms with van der Waals surface area (Å²) in [5, 5.41) is 11.4. The van der Waals surface area contributed by atoms with Crippen LogP contribution in [0.3, 0.4) is 0 Å². The van der Waals surface area contributed by atoms with Gasteiger partial charge in [0.05, 0.1) is 11.8 Å². The Labute approximate surface area is 117 Å². The molecule has 2 N–H and O–H groups in total. The van der Waals surface area contributed by atoms with Gasteiger partial charge in [-0.2, -0.15) is 0 Å². The Morgan fingerprint density at radius 3 is 2.85 bits per heavy atom. The van der Waals surface area contributed by atoms with Gasteiger partial charge in [0.2, 0.25) is 0 Å². The lowest BCUT2D eigenvalue weighted by Gasteiger charge is -2.10. The summed E-state index contributed by atoms with van der Waals surface area (Å²) in [7, 11) is 0. The number of benzene rings is 1. The summed E-state index contributed by atoms with van der Waals surface area (Å²) in [6, 6.07) is 10.5. The minimum Gasteiger partial charge on any atom is -0.455 e. The molecule has 0 aliphatic carbocycles. The number of rotatable bonds is 6. The van der Waals surface area contributed by atoms with Crippen molar-refractivity contribution in [3.05, 3.63) is 54.4 Å². The second kappa shape index (κ2) is 7.25. The first-order valence-electron chi connectivity index (χ1n) is 6.37. The SMILES string of the molecule is O=C(NCCCO)c1ccccc1Oc1cccnc1. The molecule has 0 radical (unpaired) electrons. The molecule has 0 saturated carbocycles. The first-order valence-corrected chi connectivity index (χ1v) is 6.37. The molecule has 5 heteroatoms. The smallest absolute Gasteiger partial charge is 0.255 e. The molecule has 104 valence electrons. The minimum absolute atomic E-state index is 0.0497. The van der Waals surface area contributed by atoms with Crippen LogP contribution in [0, 0.1) is 0 Å². The Balaban J connectivity index is 2.11. The van der Waals surface area contributed by atoms with Crippen LogP contribution in [0.1, 0.15) is 16.8 Å². The molecule has 1 aromatic heterocycles. The van der Waals surface area contributed by atoms with Crippen LogP contribution in [-0.2, 0) is 0 Å². The molecule has 0 aliphatic heterocycles. The van der Waals surface area contributed by atoms with E-state index in [-0.39, 0.29) is 12.5 Å². The molecule has 2 aromatic rings. The number of amides is 1. The molecule has 0 atom stereocenters. The molecule has 0 aliphatic rings. The number of carbonyl (C=O) groups excluding carboxylic acids is 1. The van der Waals surface area contributed by atoms with Gasteiger partial charge in [0.1, 0.15) is 11.5 Å². The Kier molecular flexibility index (Phi) is 5.08. The quantitative estimate of drug-likeness (QED) is 0.789. The summed E-state index contributed by atoms with van der Waals surface area (Å²) in [5.74, 6) is 0.822. The fourth-order valence-corrected chi connectivity index (χ4v) is 1.65. The molecule has 20 heavy (non-hydrogen) atoms. The van der Waals surface area contributed by atoms with E-state index in [4.69, 9.17) is 9.84 Å². The number of aliphatic hydroxyl groups is 1. The lowest BCUT2D eigenvalue weighted by atomic mass is 10.2. The third-order valence-corrected chi connectivity index (χ3v) is 2.61. The summed E-state index contributed by atoms with van der Waals surface area (Å²) in [6.45, 7) is 0.477. The highest BCUT2D eigenvalue weighted by Gasteiger charge is 2.12. The van der Waals surface area contributed by atoms with Crippen molar-refractivity contribution in [3.8, 4) is 11.5 Å². The number of para-hydroxylation sites is 1. The number of ether oxygens (including phenoxy) is 1. The largest absolute Gasteiger partial charge is 0.455 e. The van der Waals surface area contributed by atoms with Crippen molar-refractivity contribution in [1.29, 1.82) is 0 Å². The third kappa shape index (κ3) is 3.80. The highest BCUT2D eigenvalue weighted by atomic mass is 16.5. The van der Waals surface area contributed by atoms with Gasteiger partial charge in [0.25, 0.3) is 5.91 Å². The summed E-state index contributed by atoms with van der Waals surface area (Å²) in [4.78, 5) is 16.0. The highest BCUT2D eigenvalue weighted by Crippen LogP contribution is 2.24. The number of carbonyl (C=O) groups is 1. The van der Waals surface area contributed by atoms with Gasteiger partial charge in [0, 0.05) is 19.3 Å². The van der Waals surface area contributed by atoms with E-state index < -0.39 is 0 Å². The maximum atomic E-state index is 12.0. The fourth-order valence-electron chi connectivity index (χ4n) is 1.65. The zero-order chi connectivity index (χ0) is 14.2. The zero-order valence-electron chi connectivity index (χ0n) is 11.0. The van der Waals surface area contributed by atoms with Crippen LogP contribution >= 0.6 is 0 Å². The van der Waals surface area contributed by atoms with Crippen molar-refractivity contribution in [1.82, 2.24) is 10.3 Å². The predicted molar refractivity (Wildman–Crippen MR) is 74.8 cm³/mol. The molecule has 0 saturated heterocycles. The van der Waals surface area contributed by atoms with Crippen molar-refractivity contribution in [3.63, 3.8) is 0 Å². The number of hydrogen-bond acceptors (Lipinski definition) is 4. The van der Waals surface area contributed by atoms with E-state index in [1.54, 1.807) is 48.8 Å². The van der Waals surface area contributed by atoms with Crippen molar-refractivity contribution in [2.75, 3.05) is 13.2 Å². The lowest BCUT2D eigenvalue weighted by molar-refractivity contribution is 0.0949. The Morgan fingerprint density at radius 1 is 1.25 bits per heavy atom. The van der Waals surface area contributed by atoms with Gasteiger partial charge in [-0.15, -0.1) is 0 Å². The van der Waals surface area contributed by atoms with Gasteiger partial charge in [-0.05, 0) is 30.7 Å². The molecule has 1 heterocycles. The van der Waals surface area contributed by atoms with E-state index in [9.17, 15) is 4.79 Å². The molecule has 5 nitrogen and oxygen atoms in total. The third-order valence-electron chi connectivity index (χ3n) is 2.61. The van der Waals surface area contributed by atoms with E-state index >= 15 is 0 Å². The number of nitrogens with zero attached hydrogens (tertiary/aromatic N) is 1. The van der Waals surface area contributed by atoms with Crippen LogP contribution in [0.25, 0.3) is 0 Å². The number of aliphatic hydroxyl groups excluding tert-OH is 1. The molecule has 0 spiro atoms. The van der Waals surface area contributed by atoms with Gasteiger partial charge in [-0.1, -0.05) is 12.1 Å². The first-order chi connectivity index (χ1) is 9.81. The average molecular weight is 272 g/mol. The van der Waals surface area contributed by atoms with Gasteiger partial charge in [-0.3, -0.25) is 9.78 Å². The molecule has 0 fully saturated rings. The Bertz CT molecular complexity index is 558. The Hall–Kier alpha value is -2.40. The summed E-state index contributed by atoms with van der Waals surface area (Å²) < 4.78 is 5.66. The van der Waals surface area contributed by atoms with Crippen molar-refractivity contribution in [2.24, 2.45) is 0 Å². The fraction of sp³-hybridized carbons (Fsp3) is 0.200. The van der Waals surface area contributed by atoms with Crippen LogP contribution in [0.5, 0.6) is 11.5 Å². The molecule has 0 bridgehead atoms. The van der Waals surface area contributed by atoms with Crippen LogP contribution in [0.2, 0.25) is 0 Å². The van der Waals surface area contributed by atoms with Gasteiger partial charge < -0.3 is 15.2 Å². The second-order valence-corrected chi connectivity index (χ2v) is 4.12. The minimum atomic E-state index is -0.224. The Morgan fingerprint density at radius 2 is 2.10 bits per heavy atom. The van der Waals surface area contributed by atoms with Crippen LogP contribution in [0.15, 0.2) is 48.8 Å². The second-order valence-electron chi connectivity index (χ2n) is 4.12. The van der Waals surface area contributed by atoms with Crippen LogP contribution in [-0.4, -0.2) is 29.1 Å². The monoisotopic (exact) mass is 272 g/mol. The molecule has 0 unspecified atom stereocenters. The first kappa shape index (κ1) is 14.0. The van der Waals surface area contributed by atoms with Gasteiger partial charge in [-0.25, -0.2) is 0 Å². The molecule has 1 aromatic carbocycles. The van der Waals surface area contributed by atoms with E-state index in [0.29, 0.717) is 30.0 Å². The van der Waals surface area contributed by atoms with Gasteiger partial charge in [0.15, 0.2) is 0 Å². The maximum absolute atomic E-state index is 12.0. The van der Waals surface area contributed by atoms with E-state index in [1.807, 2.05) is 0 Å². The summed E-state index contributed by atoms with van der Waals surface area (Å²) in [5.41, 5.74) is 0.453. The van der Waals surface area contributed by atoms with Crippen LogP contribution in [0.4, 0.5) is 0 Å². The number of pyridine rings is 1. The van der Waals surface area contributed by atoms with Crippen molar-refractivity contribution < 1.29 is 14.6 Å². The van der Waals surface area contributed by atoms with Crippen molar-refractivity contribution >= 4 is 5.91 Å². The molecule has 1 amide bonds. The predicted octanol–water partition coefficient (Wildman–Crippen LogP) is 1.99. The topological polar surface area (TPSA) is 71.5 Å². The molecular weight excluding hydrogens is 256 g/mol. The summed E-state index contributed by atoms with van der Waals surface area (Å²) in [6.07, 6.45) is 3.76. The lowest BCUT2D eigenvalue weighted by Crippen LogP contribution is -2.25. The zero-order valence-corrected chi connectivity index (χ0v) is 11.0.